The van der Waals surface area contributed by atoms with Crippen molar-refractivity contribution in [1.82, 2.24) is 10.2 Å². The molecular formula is C17H12N4O5S. The Kier molecular flexibility index (Phi) is 5.27. The van der Waals surface area contributed by atoms with Gasteiger partial charge in [0.25, 0.3) is 10.9 Å². The van der Waals surface area contributed by atoms with E-state index in [0.717, 1.165) is 11.8 Å². The predicted octanol–water partition coefficient (Wildman–Crippen LogP) is 3.57. The van der Waals surface area contributed by atoms with E-state index in [2.05, 4.69) is 15.5 Å². The number of rotatable bonds is 6. The van der Waals surface area contributed by atoms with Crippen LogP contribution in [0, 0.1) is 10.1 Å². The number of nitro groups is 1. The lowest BCUT2D eigenvalue weighted by atomic mass is 10.2. The lowest BCUT2D eigenvalue weighted by molar-refractivity contribution is -0.387. The lowest BCUT2D eigenvalue weighted by Gasteiger charge is -2.02. The Morgan fingerprint density at radius 2 is 1.96 bits per heavy atom. The van der Waals surface area contributed by atoms with Gasteiger partial charge in [0.2, 0.25) is 11.8 Å². The van der Waals surface area contributed by atoms with Crippen molar-refractivity contribution in [3.8, 4) is 11.5 Å². The van der Waals surface area contributed by atoms with Crippen LogP contribution in [0.4, 0.5) is 11.4 Å². The maximum absolute atomic E-state index is 11.2. The van der Waals surface area contributed by atoms with Crippen molar-refractivity contribution in [1.29, 1.82) is 0 Å². The molecule has 9 nitrogen and oxygen atoms in total. The maximum Gasteiger partial charge on any atom is 0.284 e. The molecule has 0 aliphatic heterocycles. The van der Waals surface area contributed by atoms with Crippen molar-refractivity contribution in [2.75, 3.05) is 5.32 Å². The zero-order valence-corrected chi connectivity index (χ0v) is 14.7. The zero-order chi connectivity index (χ0) is 19.4. The Morgan fingerprint density at radius 1 is 1.22 bits per heavy atom. The molecule has 1 aromatic heterocycles. The summed E-state index contributed by atoms with van der Waals surface area (Å²) in [5.74, 6) is 0.0560. The number of hydrogen-bond donors (Lipinski definition) is 1. The van der Waals surface area contributed by atoms with E-state index in [-0.39, 0.29) is 33.2 Å². The summed E-state index contributed by atoms with van der Waals surface area (Å²) < 4.78 is 5.55. The number of anilines is 1. The Hall–Kier alpha value is -3.53. The molecule has 0 fully saturated rings. The van der Waals surface area contributed by atoms with Gasteiger partial charge in [-0.2, -0.15) is 0 Å². The summed E-state index contributed by atoms with van der Waals surface area (Å²) in [6.45, 7) is 1.41. The molecule has 0 aliphatic rings. The molecule has 0 radical (unpaired) electrons. The maximum atomic E-state index is 11.2. The van der Waals surface area contributed by atoms with Gasteiger partial charge in [-0.25, -0.2) is 0 Å². The highest BCUT2D eigenvalue weighted by atomic mass is 32.2. The fourth-order valence-corrected chi connectivity index (χ4v) is 2.96. The first-order valence-corrected chi connectivity index (χ1v) is 8.41. The van der Waals surface area contributed by atoms with Crippen LogP contribution in [0.5, 0.6) is 0 Å². The van der Waals surface area contributed by atoms with Crippen LogP contribution in [-0.4, -0.2) is 27.3 Å². The van der Waals surface area contributed by atoms with Gasteiger partial charge in [-0.1, -0.05) is 6.07 Å². The number of aldehydes is 1. The minimum Gasteiger partial charge on any atom is -0.411 e. The number of hydrogen-bond acceptors (Lipinski definition) is 8. The molecule has 0 atom stereocenters. The molecule has 0 bridgehead atoms. The van der Waals surface area contributed by atoms with E-state index in [0.29, 0.717) is 17.5 Å². The molecule has 2 aromatic carbocycles. The van der Waals surface area contributed by atoms with Crippen LogP contribution in [-0.2, 0) is 4.79 Å². The van der Waals surface area contributed by atoms with Crippen molar-refractivity contribution < 1.29 is 18.9 Å². The van der Waals surface area contributed by atoms with Gasteiger partial charge in [-0.3, -0.25) is 19.7 Å². The van der Waals surface area contributed by atoms with Crippen molar-refractivity contribution in [2.45, 2.75) is 17.0 Å². The van der Waals surface area contributed by atoms with Crippen LogP contribution in [0.25, 0.3) is 11.5 Å². The molecule has 136 valence electrons. The van der Waals surface area contributed by atoms with Crippen LogP contribution in [0.15, 0.2) is 57.0 Å². The smallest absolute Gasteiger partial charge is 0.284 e. The SMILES string of the molecule is CC(=O)Nc1ccc(-c2nnc(Sc3ccc(C=O)cc3[N+](=O)[O-])o2)cc1. The summed E-state index contributed by atoms with van der Waals surface area (Å²) in [7, 11) is 0. The van der Waals surface area contributed by atoms with E-state index < -0.39 is 4.92 Å². The first-order valence-electron chi connectivity index (χ1n) is 7.59. The number of nitrogens with one attached hydrogen (secondary N) is 1. The van der Waals surface area contributed by atoms with E-state index in [1.165, 1.54) is 25.1 Å². The number of nitro benzene ring substituents is 1. The van der Waals surface area contributed by atoms with Gasteiger partial charge in [0.15, 0.2) is 0 Å². The van der Waals surface area contributed by atoms with Crippen LogP contribution in [0.1, 0.15) is 17.3 Å². The van der Waals surface area contributed by atoms with E-state index in [9.17, 15) is 19.7 Å². The van der Waals surface area contributed by atoms with Gasteiger partial charge in [-0.15, -0.1) is 10.2 Å². The van der Waals surface area contributed by atoms with Crippen molar-refractivity contribution >= 4 is 35.3 Å². The first kappa shape index (κ1) is 18.3. The second-order valence-electron chi connectivity index (χ2n) is 5.34. The molecule has 1 heterocycles. The van der Waals surface area contributed by atoms with Crippen molar-refractivity contribution in [3.05, 3.63) is 58.1 Å². The lowest BCUT2D eigenvalue weighted by Crippen LogP contribution is -2.05. The molecule has 1 N–H and O–H groups in total. The minimum absolute atomic E-state index is 0.123. The number of nitrogens with zero attached hydrogens (tertiary/aromatic N) is 3. The van der Waals surface area contributed by atoms with Crippen molar-refractivity contribution in [2.24, 2.45) is 0 Å². The highest BCUT2D eigenvalue weighted by Crippen LogP contribution is 2.35. The summed E-state index contributed by atoms with van der Waals surface area (Å²) in [4.78, 5) is 32.7. The second-order valence-corrected chi connectivity index (χ2v) is 6.33. The Morgan fingerprint density at radius 3 is 2.59 bits per heavy atom. The normalized spacial score (nSPS) is 10.4. The topological polar surface area (TPSA) is 128 Å². The molecule has 1 amide bonds. The Bertz CT molecular complexity index is 1020. The fourth-order valence-electron chi connectivity index (χ4n) is 2.20. The molecule has 0 spiro atoms. The number of aromatic nitrogens is 2. The Balaban J connectivity index is 1.81. The molecule has 0 aliphatic carbocycles. The number of carbonyl (C=O) groups excluding carboxylic acids is 2. The van der Waals surface area contributed by atoms with E-state index in [1.807, 2.05) is 0 Å². The summed E-state index contributed by atoms with van der Waals surface area (Å²) in [5.41, 5.74) is 1.25. The van der Waals surface area contributed by atoms with Crippen LogP contribution < -0.4 is 5.32 Å². The summed E-state index contributed by atoms with van der Waals surface area (Å²) >= 11 is 0.934. The summed E-state index contributed by atoms with van der Waals surface area (Å²) in [5, 5.41) is 21.8. The van der Waals surface area contributed by atoms with E-state index >= 15 is 0 Å². The second kappa shape index (κ2) is 7.79. The molecule has 0 saturated heterocycles. The highest BCUT2D eigenvalue weighted by molar-refractivity contribution is 7.99. The quantitative estimate of drug-likeness (QED) is 0.388. The molecule has 10 heteroatoms. The van der Waals surface area contributed by atoms with Gasteiger partial charge in [0, 0.05) is 29.8 Å². The number of benzene rings is 2. The highest BCUT2D eigenvalue weighted by Gasteiger charge is 2.19. The number of carbonyl (C=O) groups is 2. The third-order valence-electron chi connectivity index (χ3n) is 3.37. The number of amides is 1. The van der Waals surface area contributed by atoms with Gasteiger partial charge < -0.3 is 9.73 Å². The van der Waals surface area contributed by atoms with Crippen LogP contribution in [0.2, 0.25) is 0 Å². The molecule has 0 saturated carbocycles. The first-order chi connectivity index (χ1) is 13.0. The third-order valence-corrected chi connectivity index (χ3v) is 4.28. The zero-order valence-electron chi connectivity index (χ0n) is 13.9. The Labute approximate surface area is 156 Å². The minimum atomic E-state index is -0.576. The largest absolute Gasteiger partial charge is 0.411 e. The monoisotopic (exact) mass is 384 g/mol. The van der Waals surface area contributed by atoms with Gasteiger partial charge in [0.1, 0.15) is 6.29 Å². The molecule has 3 aromatic rings. The van der Waals surface area contributed by atoms with Crippen molar-refractivity contribution in [3.63, 3.8) is 0 Å². The van der Waals surface area contributed by atoms with Gasteiger partial charge in [-0.05, 0) is 42.1 Å². The molecular weight excluding hydrogens is 372 g/mol. The third kappa shape index (κ3) is 4.36. The average molecular weight is 384 g/mol. The van der Waals surface area contributed by atoms with Gasteiger partial charge in [0.05, 0.1) is 9.82 Å². The molecule has 3 rings (SSSR count). The van der Waals surface area contributed by atoms with Crippen LogP contribution >= 0.6 is 11.8 Å². The molecule has 27 heavy (non-hydrogen) atoms. The predicted molar refractivity (Wildman–Crippen MR) is 96.6 cm³/mol. The average Bonchev–Trinajstić information content (AvgIpc) is 3.10. The fraction of sp³-hybridized carbons (Fsp3) is 0.0588. The van der Waals surface area contributed by atoms with E-state index in [4.69, 9.17) is 4.42 Å². The van der Waals surface area contributed by atoms with Gasteiger partial charge >= 0.3 is 0 Å². The van der Waals surface area contributed by atoms with E-state index in [1.54, 1.807) is 24.3 Å². The summed E-state index contributed by atoms with van der Waals surface area (Å²) in [6, 6.07) is 10.9. The standard InChI is InChI=1S/C17H12N4O5S/c1-10(23)18-13-5-3-12(4-6-13)16-19-20-17(26-16)27-15-7-2-11(9-22)8-14(15)21(24)25/h2-9H,1H3,(H,18,23). The van der Waals surface area contributed by atoms with Crippen LogP contribution in [0.3, 0.4) is 0 Å². The molecule has 0 unspecified atom stereocenters. The summed E-state index contributed by atoms with van der Waals surface area (Å²) in [6.07, 6.45) is 0.539.